The highest BCUT2D eigenvalue weighted by Gasteiger charge is 2.24. The Balaban J connectivity index is 2.11. The second-order valence-corrected chi connectivity index (χ2v) is 4.53. The molecule has 3 heteroatoms. The van der Waals surface area contributed by atoms with Crippen molar-refractivity contribution < 1.29 is 0 Å². The number of nitrogens with zero attached hydrogens (tertiary/aromatic N) is 2. The summed E-state index contributed by atoms with van der Waals surface area (Å²) in [6, 6.07) is 0. The first-order chi connectivity index (χ1) is 5.86. The molecule has 1 saturated carbocycles. The molecule has 0 N–H and O–H groups in total. The maximum Gasteiger partial charge on any atom is 0.0617 e. The molecule has 2 unspecified atom stereocenters. The van der Waals surface area contributed by atoms with Crippen molar-refractivity contribution in [2.24, 2.45) is 0 Å². The van der Waals surface area contributed by atoms with E-state index in [9.17, 15) is 0 Å². The monoisotopic (exact) mass is 226 g/mol. The second-order valence-electron chi connectivity index (χ2n) is 3.24. The minimum Gasteiger partial charge on any atom is -0.261 e. The highest BCUT2D eigenvalue weighted by molar-refractivity contribution is 9.09. The van der Waals surface area contributed by atoms with Crippen LogP contribution in [-0.2, 0) is 0 Å². The summed E-state index contributed by atoms with van der Waals surface area (Å²) in [5, 5.41) is 0. The Morgan fingerprint density at radius 1 is 1.33 bits per heavy atom. The fourth-order valence-electron chi connectivity index (χ4n) is 1.72. The van der Waals surface area contributed by atoms with Gasteiger partial charge in [0.25, 0.3) is 0 Å². The molecule has 1 heterocycles. The van der Waals surface area contributed by atoms with Gasteiger partial charge in [-0.05, 0) is 19.3 Å². The van der Waals surface area contributed by atoms with E-state index in [0.29, 0.717) is 10.7 Å². The van der Waals surface area contributed by atoms with Crippen LogP contribution in [0.25, 0.3) is 0 Å². The summed E-state index contributed by atoms with van der Waals surface area (Å²) in [5.41, 5.74) is 1.15. The molecule has 0 amide bonds. The van der Waals surface area contributed by atoms with E-state index in [-0.39, 0.29) is 0 Å². The molecule has 12 heavy (non-hydrogen) atoms. The zero-order chi connectivity index (χ0) is 8.39. The normalized spacial score (nSPS) is 29.1. The zero-order valence-electron chi connectivity index (χ0n) is 6.78. The summed E-state index contributed by atoms with van der Waals surface area (Å²) < 4.78 is 0. The molecule has 64 valence electrons. The van der Waals surface area contributed by atoms with Crippen LogP contribution in [0.2, 0.25) is 0 Å². The van der Waals surface area contributed by atoms with Crippen LogP contribution >= 0.6 is 15.9 Å². The maximum atomic E-state index is 4.31. The Hall–Kier alpha value is -0.440. The van der Waals surface area contributed by atoms with Gasteiger partial charge in [-0.15, -0.1) is 0 Å². The van der Waals surface area contributed by atoms with E-state index in [1.54, 1.807) is 12.4 Å². The van der Waals surface area contributed by atoms with Crippen LogP contribution in [0.4, 0.5) is 0 Å². The lowest BCUT2D eigenvalue weighted by molar-refractivity contribution is 0.694. The summed E-state index contributed by atoms with van der Waals surface area (Å²) >= 11 is 3.63. The standard InChI is InChI=1S/C9H11BrN2/c10-8-2-1-7(5-8)9-6-11-3-4-12-9/h3-4,6-8H,1-2,5H2. The van der Waals surface area contributed by atoms with E-state index in [2.05, 4.69) is 25.9 Å². The van der Waals surface area contributed by atoms with Gasteiger partial charge in [0.2, 0.25) is 0 Å². The van der Waals surface area contributed by atoms with Crippen LogP contribution in [0.5, 0.6) is 0 Å². The zero-order valence-corrected chi connectivity index (χ0v) is 8.37. The third kappa shape index (κ3) is 1.66. The summed E-state index contributed by atoms with van der Waals surface area (Å²) in [6.07, 6.45) is 9.10. The van der Waals surface area contributed by atoms with Gasteiger partial charge in [-0.25, -0.2) is 0 Å². The number of hydrogen-bond acceptors (Lipinski definition) is 2. The van der Waals surface area contributed by atoms with Gasteiger partial charge >= 0.3 is 0 Å². The Labute approximate surface area is 80.6 Å². The molecule has 2 rings (SSSR count). The molecule has 0 radical (unpaired) electrons. The molecule has 1 aliphatic carbocycles. The molecular formula is C9H11BrN2. The van der Waals surface area contributed by atoms with Crippen molar-refractivity contribution in [2.75, 3.05) is 0 Å². The number of alkyl halides is 1. The lowest BCUT2D eigenvalue weighted by Crippen LogP contribution is -1.97. The van der Waals surface area contributed by atoms with E-state index in [1.807, 2.05) is 6.20 Å². The Morgan fingerprint density at radius 2 is 2.25 bits per heavy atom. The number of hydrogen-bond donors (Lipinski definition) is 0. The summed E-state index contributed by atoms with van der Waals surface area (Å²) in [5.74, 6) is 0.628. The lowest BCUT2D eigenvalue weighted by atomic mass is 10.1. The summed E-state index contributed by atoms with van der Waals surface area (Å²) in [7, 11) is 0. The number of halogens is 1. The van der Waals surface area contributed by atoms with Crippen molar-refractivity contribution >= 4 is 15.9 Å². The smallest absolute Gasteiger partial charge is 0.0617 e. The summed E-state index contributed by atoms with van der Waals surface area (Å²) in [4.78, 5) is 9.07. The molecule has 0 spiro atoms. The van der Waals surface area contributed by atoms with Crippen LogP contribution < -0.4 is 0 Å². The molecule has 0 aliphatic heterocycles. The molecule has 2 nitrogen and oxygen atoms in total. The molecule has 1 aromatic rings. The third-order valence-electron chi connectivity index (χ3n) is 2.37. The fourth-order valence-corrected chi connectivity index (χ4v) is 2.43. The quantitative estimate of drug-likeness (QED) is 0.689. The molecule has 0 bridgehead atoms. The van der Waals surface area contributed by atoms with Crippen LogP contribution in [0, 0.1) is 0 Å². The van der Waals surface area contributed by atoms with E-state index in [0.717, 1.165) is 5.69 Å². The first-order valence-corrected chi connectivity index (χ1v) is 5.18. The summed E-state index contributed by atoms with van der Waals surface area (Å²) in [6.45, 7) is 0. The molecule has 2 atom stereocenters. The van der Waals surface area contributed by atoms with Crippen molar-refractivity contribution in [1.29, 1.82) is 0 Å². The van der Waals surface area contributed by atoms with E-state index in [4.69, 9.17) is 0 Å². The van der Waals surface area contributed by atoms with Gasteiger partial charge in [0, 0.05) is 29.3 Å². The molecular weight excluding hydrogens is 216 g/mol. The minimum absolute atomic E-state index is 0.628. The predicted molar refractivity (Wildman–Crippen MR) is 51.3 cm³/mol. The van der Waals surface area contributed by atoms with Crippen molar-refractivity contribution in [1.82, 2.24) is 9.97 Å². The van der Waals surface area contributed by atoms with Gasteiger partial charge in [-0.2, -0.15) is 0 Å². The number of rotatable bonds is 1. The predicted octanol–water partition coefficient (Wildman–Crippen LogP) is 2.51. The van der Waals surface area contributed by atoms with Gasteiger partial charge in [-0.3, -0.25) is 9.97 Å². The average molecular weight is 227 g/mol. The van der Waals surface area contributed by atoms with E-state index < -0.39 is 0 Å². The highest BCUT2D eigenvalue weighted by atomic mass is 79.9. The van der Waals surface area contributed by atoms with Crippen LogP contribution in [0.3, 0.4) is 0 Å². The van der Waals surface area contributed by atoms with E-state index >= 15 is 0 Å². The van der Waals surface area contributed by atoms with Gasteiger partial charge in [0.1, 0.15) is 0 Å². The first kappa shape index (κ1) is 8.17. The Kier molecular flexibility index (Phi) is 2.40. The van der Waals surface area contributed by atoms with E-state index in [1.165, 1.54) is 19.3 Å². The number of aromatic nitrogens is 2. The minimum atomic E-state index is 0.628. The SMILES string of the molecule is BrC1CCC(c2cnccn2)C1. The van der Waals surface area contributed by atoms with Crippen LogP contribution in [-0.4, -0.2) is 14.8 Å². The largest absolute Gasteiger partial charge is 0.261 e. The fraction of sp³-hybridized carbons (Fsp3) is 0.556. The molecule has 1 aliphatic rings. The Bertz CT molecular complexity index is 250. The van der Waals surface area contributed by atoms with Gasteiger partial charge in [0.15, 0.2) is 0 Å². The maximum absolute atomic E-state index is 4.31. The third-order valence-corrected chi connectivity index (χ3v) is 3.20. The van der Waals surface area contributed by atoms with Crippen LogP contribution in [0.1, 0.15) is 30.9 Å². The molecule has 0 saturated heterocycles. The molecule has 0 aromatic carbocycles. The molecule has 1 fully saturated rings. The van der Waals surface area contributed by atoms with Gasteiger partial charge in [0.05, 0.1) is 5.69 Å². The van der Waals surface area contributed by atoms with Crippen LogP contribution in [0.15, 0.2) is 18.6 Å². The first-order valence-electron chi connectivity index (χ1n) is 4.26. The Morgan fingerprint density at radius 3 is 2.83 bits per heavy atom. The second kappa shape index (κ2) is 3.52. The van der Waals surface area contributed by atoms with Crippen molar-refractivity contribution in [2.45, 2.75) is 30.0 Å². The average Bonchev–Trinajstić information content (AvgIpc) is 2.54. The van der Waals surface area contributed by atoms with Gasteiger partial charge < -0.3 is 0 Å². The highest BCUT2D eigenvalue weighted by Crippen LogP contribution is 2.36. The molecule has 1 aromatic heterocycles. The van der Waals surface area contributed by atoms with Gasteiger partial charge in [-0.1, -0.05) is 15.9 Å². The topological polar surface area (TPSA) is 25.8 Å². The van der Waals surface area contributed by atoms with Crippen molar-refractivity contribution in [3.8, 4) is 0 Å². The van der Waals surface area contributed by atoms with Crippen molar-refractivity contribution in [3.05, 3.63) is 24.3 Å². The lowest BCUT2D eigenvalue weighted by Gasteiger charge is -2.06. The van der Waals surface area contributed by atoms with Crippen molar-refractivity contribution in [3.63, 3.8) is 0 Å².